The lowest BCUT2D eigenvalue weighted by atomic mass is 10.0. The Hall–Kier alpha value is -3.15. The Labute approximate surface area is 184 Å². The van der Waals surface area contributed by atoms with Gasteiger partial charge in [-0.1, -0.05) is 23.8 Å². The lowest BCUT2D eigenvalue weighted by molar-refractivity contribution is -0.140. The Morgan fingerprint density at radius 1 is 1.00 bits per heavy atom. The van der Waals surface area contributed by atoms with Gasteiger partial charge in [-0.05, 0) is 75.4 Å². The third kappa shape index (κ3) is 4.79. The Bertz CT molecular complexity index is 1020. The second kappa shape index (κ2) is 8.92. The number of benzene rings is 2. The molecule has 6 heteroatoms. The van der Waals surface area contributed by atoms with Crippen LogP contribution in [0.4, 0.5) is 11.4 Å². The van der Waals surface area contributed by atoms with Gasteiger partial charge in [0.25, 0.3) is 0 Å². The van der Waals surface area contributed by atoms with Crippen molar-refractivity contribution >= 4 is 29.1 Å². The molecule has 0 aromatic heterocycles. The molecule has 0 radical (unpaired) electrons. The second-order valence-electron chi connectivity index (χ2n) is 8.62. The van der Waals surface area contributed by atoms with Crippen LogP contribution in [0.3, 0.4) is 0 Å². The van der Waals surface area contributed by atoms with E-state index in [1.165, 1.54) is 4.90 Å². The summed E-state index contributed by atoms with van der Waals surface area (Å²) in [6, 6.07) is 9.89. The fourth-order valence-electron chi connectivity index (χ4n) is 4.17. The molecule has 0 bridgehead atoms. The Morgan fingerprint density at radius 2 is 1.65 bits per heavy atom. The van der Waals surface area contributed by atoms with E-state index in [2.05, 4.69) is 5.32 Å². The first kappa shape index (κ1) is 22.5. The molecule has 0 spiro atoms. The number of hydrogen-bond donors (Lipinski definition) is 1. The number of nitrogens with zero attached hydrogens (tertiary/aromatic N) is 2. The van der Waals surface area contributed by atoms with E-state index in [9.17, 15) is 14.4 Å². The number of likely N-dealkylation sites (N-methyl/N-ethyl adjacent to an activating group) is 1. The van der Waals surface area contributed by atoms with Gasteiger partial charge in [-0.25, -0.2) is 0 Å². The van der Waals surface area contributed by atoms with E-state index in [4.69, 9.17) is 0 Å². The van der Waals surface area contributed by atoms with Crippen LogP contribution in [-0.4, -0.2) is 42.8 Å². The summed E-state index contributed by atoms with van der Waals surface area (Å²) in [5, 5.41) is 2.91. The standard InChI is InChI=1S/C25H31N3O3/c1-15-11-18(4)23(19(5)12-15)26-22(29)14-27(6)24(30)21-9-10-28(25(21)31)20-8-7-16(2)17(3)13-20/h7-8,11-13,21H,9-10,14H2,1-6H3,(H,26,29). The van der Waals surface area contributed by atoms with Crippen molar-refractivity contribution in [2.45, 2.75) is 41.0 Å². The molecular formula is C25H31N3O3. The van der Waals surface area contributed by atoms with Gasteiger partial charge in [0.15, 0.2) is 0 Å². The first-order chi connectivity index (χ1) is 14.6. The third-order valence-corrected chi connectivity index (χ3v) is 6.00. The molecule has 0 aliphatic carbocycles. The molecule has 1 aliphatic heterocycles. The maximum atomic E-state index is 12.9. The maximum absolute atomic E-state index is 12.9. The van der Waals surface area contributed by atoms with Crippen molar-refractivity contribution in [3.8, 4) is 0 Å². The first-order valence-corrected chi connectivity index (χ1v) is 10.6. The molecule has 6 nitrogen and oxygen atoms in total. The molecule has 3 rings (SSSR count). The number of nitrogens with one attached hydrogen (secondary N) is 1. The molecule has 1 saturated heterocycles. The van der Waals surface area contributed by atoms with E-state index in [0.717, 1.165) is 39.2 Å². The number of carbonyl (C=O) groups is 3. The molecule has 1 fully saturated rings. The van der Waals surface area contributed by atoms with E-state index in [1.54, 1.807) is 11.9 Å². The molecule has 1 heterocycles. The monoisotopic (exact) mass is 421 g/mol. The minimum atomic E-state index is -0.748. The minimum Gasteiger partial charge on any atom is -0.336 e. The summed E-state index contributed by atoms with van der Waals surface area (Å²) >= 11 is 0. The predicted octanol–water partition coefficient (Wildman–Crippen LogP) is 3.68. The number of amides is 3. The summed E-state index contributed by atoms with van der Waals surface area (Å²) in [5.74, 6) is -1.54. The van der Waals surface area contributed by atoms with Crippen molar-refractivity contribution in [1.29, 1.82) is 0 Å². The molecule has 31 heavy (non-hydrogen) atoms. The number of carbonyl (C=O) groups excluding carboxylic acids is 3. The van der Waals surface area contributed by atoms with Gasteiger partial charge in [0, 0.05) is 25.0 Å². The topological polar surface area (TPSA) is 69.7 Å². The van der Waals surface area contributed by atoms with Crippen LogP contribution in [0.25, 0.3) is 0 Å². The average molecular weight is 422 g/mol. The van der Waals surface area contributed by atoms with Crippen LogP contribution in [0.1, 0.15) is 34.2 Å². The fraction of sp³-hybridized carbons (Fsp3) is 0.400. The highest BCUT2D eigenvalue weighted by Crippen LogP contribution is 2.28. The summed E-state index contributed by atoms with van der Waals surface area (Å²) in [5.41, 5.74) is 6.95. The summed E-state index contributed by atoms with van der Waals surface area (Å²) in [7, 11) is 1.57. The van der Waals surface area contributed by atoms with Gasteiger partial charge in [0.1, 0.15) is 5.92 Å². The van der Waals surface area contributed by atoms with Crippen molar-refractivity contribution in [3.05, 3.63) is 58.1 Å². The van der Waals surface area contributed by atoms with E-state index >= 15 is 0 Å². The fourth-order valence-corrected chi connectivity index (χ4v) is 4.17. The number of aryl methyl sites for hydroxylation is 5. The molecule has 164 valence electrons. The molecule has 1 aliphatic rings. The van der Waals surface area contributed by atoms with Crippen molar-refractivity contribution in [3.63, 3.8) is 0 Å². The van der Waals surface area contributed by atoms with E-state index < -0.39 is 5.92 Å². The summed E-state index contributed by atoms with van der Waals surface area (Å²) in [4.78, 5) is 41.4. The Kier molecular flexibility index (Phi) is 6.48. The highest BCUT2D eigenvalue weighted by atomic mass is 16.2. The van der Waals surface area contributed by atoms with Crippen LogP contribution in [0.5, 0.6) is 0 Å². The smallest absolute Gasteiger partial charge is 0.243 e. The van der Waals surface area contributed by atoms with Gasteiger partial charge in [0.05, 0.1) is 6.54 Å². The number of anilines is 2. The van der Waals surface area contributed by atoms with Crippen molar-refractivity contribution in [2.24, 2.45) is 5.92 Å². The molecule has 2 aromatic rings. The molecule has 1 atom stereocenters. The van der Waals surface area contributed by atoms with Crippen LogP contribution in [0, 0.1) is 40.5 Å². The molecule has 0 saturated carbocycles. The van der Waals surface area contributed by atoms with Crippen LogP contribution in [0.15, 0.2) is 30.3 Å². The van der Waals surface area contributed by atoms with E-state index in [-0.39, 0.29) is 24.3 Å². The number of rotatable bonds is 5. The molecule has 3 amide bonds. The third-order valence-electron chi connectivity index (χ3n) is 6.00. The van der Waals surface area contributed by atoms with Crippen molar-refractivity contribution < 1.29 is 14.4 Å². The van der Waals surface area contributed by atoms with Crippen LogP contribution < -0.4 is 10.2 Å². The van der Waals surface area contributed by atoms with Crippen LogP contribution >= 0.6 is 0 Å². The molecule has 1 N–H and O–H groups in total. The van der Waals surface area contributed by atoms with E-state index in [0.29, 0.717) is 13.0 Å². The van der Waals surface area contributed by atoms with Gasteiger partial charge in [-0.3, -0.25) is 14.4 Å². The van der Waals surface area contributed by atoms with Crippen LogP contribution in [0.2, 0.25) is 0 Å². The number of hydrogen-bond acceptors (Lipinski definition) is 3. The first-order valence-electron chi connectivity index (χ1n) is 10.6. The van der Waals surface area contributed by atoms with Gasteiger partial charge in [-0.15, -0.1) is 0 Å². The lowest BCUT2D eigenvalue weighted by Crippen LogP contribution is -2.41. The minimum absolute atomic E-state index is 0.0982. The Balaban J connectivity index is 1.64. The maximum Gasteiger partial charge on any atom is 0.243 e. The second-order valence-corrected chi connectivity index (χ2v) is 8.62. The highest BCUT2D eigenvalue weighted by molar-refractivity contribution is 6.10. The van der Waals surface area contributed by atoms with Crippen molar-refractivity contribution in [1.82, 2.24) is 4.90 Å². The van der Waals surface area contributed by atoms with Gasteiger partial charge in [0.2, 0.25) is 17.7 Å². The lowest BCUT2D eigenvalue weighted by Gasteiger charge is -2.22. The quantitative estimate of drug-likeness (QED) is 0.749. The largest absolute Gasteiger partial charge is 0.336 e. The van der Waals surface area contributed by atoms with E-state index in [1.807, 2.05) is 65.0 Å². The zero-order valence-corrected chi connectivity index (χ0v) is 19.2. The summed E-state index contributed by atoms with van der Waals surface area (Å²) in [6.07, 6.45) is 0.451. The molecule has 2 aromatic carbocycles. The normalized spacial score (nSPS) is 15.9. The molecule has 1 unspecified atom stereocenters. The Morgan fingerprint density at radius 3 is 2.26 bits per heavy atom. The average Bonchev–Trinajstić information content (AvgIpc) is 3.07. The van der Waals surface area contributed by atoms with Gasteiger partial charge in [-0.2, -0.15) is 0 Å². The SMILES string of the molecule is Cc1cc(C)c(NC(=O)CN(C)C(=O)C2CCN(c3ccc(C)c(C)c3)C2=O)c(C)c1. The van der Waals surface area contributed by atoms with Gasteiger partial charge >= 0.3 is 0 Å². The predicted molar refractivity (Wildman–Crippen MR) is 123 cm³/mol. The zero-order valence-electron chi connectivity index (χ0n) is 19.2. The van der Waals surface area contributed by atoms with Crippen molar-refractivity contribution in [2.75, 3.05) is 30.4 Å². The van der Waals surface area contributed by atoms with Gasteiger partial charge < -0.3 is 15.1 Å². The summed E-state index contributed by atoms with van der Waals surface area (Å²) < 4.78 is 0. The zero-order chi connectivity index (χ0) is 22.9. The summed E-state index contributed by atoms with van der Waals surface area (Å²) in [6.45, 7) is 10.3. The molecular weight excluding hydrogens is 390 g/mol. The van der Waals surface area contributed by atoms with Crippen LogP contribution in [-0.2, 0) is 14.4 Å². The highest BCUT2D eigenvalue weighted by Gasteiger charge is 2.39.